The van der Waals surface area contributed by atoms with E-state index in [0.29, 0.717) is 0 Å². The molecule has 1 aromatic carbocycles. The second-order valence-electron chi connectivity index (χ2n) is 3.34. The number of benzene rings is 1. The molecule has 0 aromatic heterocycles. The van der Waals surface area contributed by atoms with Crippen LogP contribution < -0.4 is 11.1 Å². The average molecular weight is 191 g/mol. The van der Waals surface area contributed by atoms with Crippen molar-refractivity contribution in [1.29, 1.82) is 5.41 Å². The minimum atomic E-state index is 0.118. The first-order valence-corrected chi connectivity index (χ1v) is 4.84. The number of anilines is 1. The van der Waals surface area contributed by atoms with E-state index in [1.807, 2.05) is 25.1 Å². The van der Waals surface area contributed by atoms with Gasteiger partial charge >= 0.3 is 0 Å². The van der Waals surface area contributed by atoms with E-state index in [1.54, 1.807) is 0 Å². The number of para-hydroxylation sites is 1. The van der Waals surface area contributed by atoms with E-state index in [-0.39, 0.29) is 5.84 Å². The van der Waals surface area contributed by atoms with Gasteiger partial charge in [-0.3, -0.25) is 5.41 Å². The number of nitrogens with two attached hydrogens (primary N) is 1. The summed E-state index contributed by atoms with van der Waals surface area (Å²) in [4.78, 5) is 0. The van der Waals surface area contributed by atoms with Crippen molar-refractivity contribution < 1.29 is 0 Å². The predicted octanol–water partition coefficient (Wildman–Crippen LogP) is 2.10. The number of nitrogen functional groups attached to an aromatic ring is 1. The number of hydrogen-bond donors (Lipinski definition) is 3. The lowest BCUT2D eigenvalue weighted by atomic mass is 10.1. The van der Waals surface area contributed by atoms with Gasteiger partial charge in [0.05, 0.1) is 0 Å². The minimum Gasteiger partial charge on any atom is -0.384 e. The largest absolute Gasteiger partial charge is 0.384 e. The molecule has 0 amide bonds. The molecular weight excluding hydrogens is 174 g/mol. The van der Waals surface area contributed by atoms with E-state index in [4.69, 9.17) is 11.1 Å². The topological polar surface area (TPSA) is 61.9 Å². The van der Waals surface area contributed by atoms with Gasteiger partial charge in [-0.15, -0.1) is 0 Å². The molecule has 3 heteroatoms. The third-order valence-corrected chi connectivity index (χ3v) is 2.11. The maximum atomic E-state index is 7.45. The Labute approximate surface area is 84.8 Å². The molecule has 0 saturated heterocycles. The Kier molecular flexibility index (Phi) is 3.51. The SMILES string of the molecule is CCCNc1c(C)cccc1C(=N)N. The Morgan fingerprint density at radius 3 is 2.79 bits per heavy atom. The number of aryl methyl sites for hydroxylation is 1. The maximum Gasteiger partial charge on any atom is 0.124 e. The van der Waals surface area contributed by atoms with Crippen LogP contribution in [-0.4, -0.2) is 12.4 Å². The Bertz CT molecular complexity index is 331. The quantitative estimate of drug-likeness (QED) is 0.504. The fraction of sp³-hybridized carbons (Fsp3) is 0.364. The van der Waals surface area contributed by atoms with Crippen molar-refractivity contribution in [2.75, 3.05) is 11.9 Å². The van der Waals surface area contributed by atoms with Gasteiger partial charge in [-0.05, 0) is 25.0 Å². The van der Waals surface area contributed by atoms with Gasteiger partial charge in [-0.2, -0.15) is 0 Å². The number of hydrogen-bond acceptors (Lipinski definition) is 2. The molecule has 1 rings (SSSR count). The summed E-state index contributed by atoms with van der Waals surface area (Å²) in [5.74, 6) is 0.118. The van der Waals surface area contributed by atoms with Crippen molar-refractivity contribution in [3.05, 3.63) is 29.3 Å². The van der Waals surface area contributed by atoms with Gasteiger partial charge in [0.15, 0.2) is 0 Å². The Balaban J connectivity index is 3.02. The first-order valence-electron chi connectivity index (χ1n) is 4.84. The van der Waals surface area contributed by atoms with Crippen LogP contribution in [0.5, 0.6) is 0 Å². The van der Waals surface area contributed by atoms with E-state index in [2.05, 4.69) is 12.2 Å². The van der Waals surface area contributed by atoms with Crippen LogP contribution in [0.2, 0.25) is 0 Å². The van der Waals surface area contributed by atoms with Gasteiger partial charge in [0.1, 0.15) is 5.84 Å². The van der Waals surface area contributed by atoms with E-state index >= 15 is 0 Å². The van der Waals surface area contributed by atoms with Crippen LogP contribution >= 0.6 is 0 Å². The Morgan fingerprint density at radius 2 is 2.21 bits per heavy atom. The van der Waals surface area contributed by atoms with Crippen molar-refractivity contribution in [3.8, 4) is 0 Å². The van der Waals surface area contributed by atoms with E-state index in [0.717, 1.165) is 29.8 Å². The van der Waals surface area contributed by atoms with Gasteiger partial charge in [-0.25, -0.2) is 0 Å². The van der Waals surface area contributed by atoms with E-state index < -0.39 is 0 Å². The normalized spacial score (nSPS) is 9.86. The Morgan fingerprint density at radius 1 is 1.50 bits per heavy atom. The second-order valence-corrected chi connectivity index (χ2v) is 3.34. The third kappa shape index (κ3) is 2.25. The van der Waals surface area contributed by atoms with Crippen molar-refractivity contribution in [2.45, 2.75) is 20.3 Å². The van der Waals surface area contributed by atoms with Crippen LogP contribution in [-0.2, 0) is 0 Å². The fourth-order valence-corrected chi connectivity index (χ4v) is 1.38. The lowest BCUT2D eigenvalue weighted by Gasteiger charge is -2.13. The van der Waals surface area contributed by atoms with Gasteiger partial charge in [-0.1, -0.05) is 19.1 Å². The molecule has 0 heterocycles. The van der Waals surface area contributed by atoms with Crippen LogP contribution in [0.15, 0.2) is 18.2 Å². The molecule has 0 spiro atoms. The summed E-state index contributed by atoms with van der Waals surface area (Å²) in [6.45, 7) is 5.04. The molecule has 0 saturated carbocycles. The molecule has 0 aliphatic rings. The summed E-state index contributed by atoms with van der Waals surface area (Å²) in [6.07, 6.45) is 1.06. The molecule has 0 bridgehead atoms. The van der Waals surface area contributed by atoms with Crippen molar-refractivity contribution in [1.82, 2.24) is 0 Å². The first-order chi connectivity index (χ1) is 6.66. The maximum absolute atomic E-state index is 7.45. The van der Waals surface area contributed by atoms with Crippen molar-refractivity contribution >= 4 is 11.5 Å². The fourth-order valence-electron chi connectivity index (χ4n) is 1.38. The van der Waals surface area contributed by atoms with E-state index in [9.17, 15) is 0 Å². The summed E-state index contributed by atoms with van der Waals surface area (Å²) in [6, 6.07) is 5.81. The molecule has 0 fully saturated rings. The smallest absolute Gasteiger partial charge is 0.124 e. The average Bonchev–Trinajstić information content (AvgIpc) is 2.15. The molecule has 0 aliphatic heterocycles. The molecule has 4 N–H and O–H groups in total. The monoisotopic (exact) mass is 191 g/mol. The highest BCUT2D eigenvalue weighted by molar-refractivity contribution is 6.00. The van der Waals surface area contributed by atoms with Crippen LogP contribution in [0.25, 0.3) is 0 Å². The number of rotatable bonds is 4. The third-order valence-electron chi connectivity index (χ3n) is 2.11. The second kappa shape index (κ2) is 4.65. The summed E-state index contributed by atoms with van der Waals surface area (Å²) in [5.41, 5.74) is 8.41. The van der Waals surface area contributed by atoms with E-state index in [1.165, 1.54) is 0 Å². The highest BCUT2D eigenvalue weighted by Gasteiger charge is 2.06. The predicted molar refractivity (Wildman–Crippen MR) is 61.0 cm³/mol. The van der Waals surface area contributed by atoms with Gasteiger partial charge in [0.25, 0.3) is 0 Å². The van der Waals surface area contributed by atoms with Gasteiger partial charge < -0.3 is 11.1 Å². The number of amidine groups is 1. The molecule has 3 nitrogen and oxygen atoms in total. The van der Waals surface area contributed by atoms with Crippen LogP contribution in [0.4, 0.5) is 5.69 Å². The zero-order valence-corrected chi connectivity index (χ0v) is 8.72. The van der Waals surface area contributed by atoms with Crippen LogP contribution in [0.3, 0.4) is 0 Å². The highest BCUT2D eigenvalue weighted by atomic mass is 14.9. The van der Waals surface area contributed by atoms with Crippen LogP contribution in [0.1, 0.15) is 24.5 Å². The van der Waals surface area contributed by atoms with Crippen LogP contribution in [0, 0.1) is 12.3 Å². The zero-order valence-electron chi connectivity index (χ0n) is 8.72. The van der Waals surface area contributed by atoms with Gasteiger partial charge in [0, 0.05) is 17.8 Å². The van der Waals surface area contributed by atoms with Gasteiger partial charge in [0.2, 0.25) is 0 Å². The molecule has 0 aliphatic carbocycles. The zero-order chi connectivity index (χ0) is 10.6. The minimum absolute atomic E-state index is 0.118. The molecule has 1 aromatic rings. The summed E-state index contributed by atoms with van der Waals surface area (Å²) < 4.78 is 0. The van der Waals surface area contributed by atoms with Crippen molar-refractivity contribution in [3.63, 3.8) is 0 Å². The summed E-state index contributed by atoms with van der Waals surface area (Å²) in [7, 11) is 0. The molecule has 14 heavy (non-hydrogen) atoms. The molecule has 0 unspecified atom stereocenters. The molecule has 0 radical (unpaired) electrons. The summed E-state index contributed by atoms with van der Waals surface area (Å²) in [5, 5.41) is 10.7. The Hall–Kier alpha value is -1.51. The molecule has 76 valence electrons. The number of nitrogens with one attached hydrogen (secondary N) is 2. The van der Waals surface area contributed by atoms with Crippen molar-refractivity contribution in [2.24, 2.45) is 5.73 Å². The molecule has 0 atom stereocenters. The first kappa shape index (κ1) is 10.6. The standard InChI is InChI=1S/C11H17N3/c1-3-7-14-10-8(2)5-4-6-9(10)11(12)13/h4-6,14H,3,7H2,1-2H3,(H3,12,13). The lowest BCUT2D eigenvalue weighted by molar-refractivity contribution is 0.976. The highest BCUT2D eigenvalue weighted by Crippen LogP contribution is 2.19. The lowest BCUT2D eigenvalue weighted by Crippen LogP contribution is -2.15. The summed E-state index contributed by atoms with van der Waals surface area (Å²) >= 11 is 0. The molecular formula is C11H17N3.